The van der Waals surface area contributed by atoms with Crippen LogP contribution in [0.2, 0.25) is 0 Å². The van der Waals surface area contributed by atoms with Crippen molar-refractivity contribution in [3.05, 3.63) is 0 Å². The normalized spacial score (nSPS) is 17.1. The number of carbonyl (C=O) groups is 1. The van der Waals surface area contributed by atoms with Crippen LogP contribution in [0, 0.1) is 17.2 Å². The molecule has 1 unspecified atom stereocenters. The van der Waals surface area contributed by atoms with Gasteiger partial charge in [-0.2, -0.15) is 5.26 Å². The van der Waals surface area contributed by atoms with Crippen LogP contribution >= 0.6 is 0 Å². The van der Waals surface area contributed by atoms with Gasteiger partial charge in [0.1, 0.15) is 0 Å². The van der Waals surface area contributed by atoms with Crippen LogP contribution < -0.4 is 11.1 Å². The fraction of sp³-hybridized carbons (Fsp3) is 0.800. The lowest BCUT2D eigenvalue weighted by molar-refractivity contribution is -0.121. The Morgan fingerprint density at radius 1 is 1.64 bits per heavy atom. The fourth-order valence-corrected chi connectivity index (χ4v) is 1.37. The van der Waals surface area contributed by atoms with Crippen molar-refractivity contribution in [2.75, 3.05) is 6.54 Å². The molecule has 0 aliphatic heterocycles. The predicted octanol–water partition coefficient (Wildman–Crippen LogP) is 0.534. The molecule has 0 aromatic heterocycles. The number of nitrogens with one attached hydrogen (secondary N) is 1. The Hall–Kier alpha value is -1.08. The number of nitrogens with two attached hydrogens (primary N) is 1. The third-order valence-corrected chi connectivity index (χ3v) is 2.44. The summed E-state index contributed by atoms with van der Waals surface area (Å²) in [5.74, 6) is 0.585. The molecule has 1 fully saturated rings. The maximum atomic E-state index is 11.3. The summed E-state index contributed by atoms with van der Waals surface area (Å²) in [6, 6.07) is 2.07. The third kappa shape index (κ3) is 4.24. The van der Waals surface area contributed by atoms with Crippen LogP contribution in [0.25, 0.3) is 0 Å². The van der Waals surface area contributed by atoms with E-state index in [1.165, 1.54) is 12.8 Å². The molecule has 3 N–H and O–H groups in total. The summed E-state index contributed by atoms with van der Waals surface area (Å²) in [6.07, 6.45) is 3.98. The summed E-state index contributed by atoms with van der Waals surface area (Å²) in [7, 11) is 0. The minimum Gasteiger partial charge on any atom is -0.356 e. The Morgan fingerprint density at radius 2 is 2.36 bits per heavy atom. The van der Waals surface area contributed by atoms with Crippen molar-refractivity contribution in [1.29, 1.82) is 5.26 Å². The molecular formula is C10H17N3O. The second-order valence-electron chi connectivity index (χ2n) is 3.82. The molecule has 1 saturated carbocycles. The highest BCUT2D eigenvalue weighted by atomic mass is 16.1. The van der Waals surface area contributed by atoms with Crippen LogP contribution in [0.4, 0.5) is 0 Å². The molecule has 1 amide bonds. The molecule has 4 nitrogen and oxygen atoms in total. The predicted molar refractivity (Wildman–Crippen MR) is 53.2 cm³/mol. The van der Waals surface area contributed by atoms with Crippen molar-refractivity contribution in [1.82, 2.24) is 5.32 Å². The van der Waals surface area contributed by atoms with Crippen LogP contribution in [0.15, 0.2) is 0 Å². The molecule has 0 spiro atoms. The molecule has 0 bridgehead atoms. The first-order chi connectivity index (χ1) is 6.74. The Balaban J connectivity index is 2.00. The van der Waals surface area contributed by atoms with Crippen LogP contribution in [-0.2, 0) is 4.79 Å². The van der Waals surface area contributed by atoms with Crippen molar-refractivity contribution < 1.29 is 4.79 Å². The van der Waals surface area contributed by atoms with Gasteiger partial charge in [-0.15, -0.1) is 0 Å². The maximum Gasteiger partial charge on any atom is 0.221 e. The summed E-state index contributed by atoms with van der Waals surface area (Å²) in [5, 5.41) is 11.0. The van der Waals surface area contributed by atoms with Gasteiger partial charge in [-0.1, -0.05) is 0 Å². The standard InChI is InChI=1S/C10H17N3O/c11-5-1-2-6-13-10(14)7-9(12)8-3-4-8/h8-9H,1-4,6-7,12H2,(H,13,14). The lowest BCUT2D eigenvalue weighted by Crippen LogP contribution is -2.33. The van der Waals surface area contributed by atoms with Gasteiger partial charge in [-0.05, 0) is 25.2 Å². The number of rotatable bonds is 6. The number of amides is 1. The smallest absolute Gasteiger partial charge is 0.221 e. The zero-order valence-electron chi connectivity index (χ0n) is 8.33. The van der Waals surface area contributed by atoms with E-state index in [1.807, 2.05) is 6.07 Å². The Morgan fingerprint density at radius 3 is 2.93 bits per heavy atom. The molecule has 14 heavy (non-hydrogen) atoms. The molecule has 0 aromatic carbocycles. The molecule has 0 saturated heterocycles. The van der Waals surface area contributed by atoms with E-state index in [4.69, 9.17) is 11.0 Å². The summed E-state index contributed by atoms with van der Waals surface area (Å²) >= 11 is 0. The van der Waals surface area contributed by atoms with Gasteiger partial charge in [-0.3, -0.25) is 4.79 Å². The molecule has 0 heterocycles. The first kappa shape index (κ1) is 11.0. The molecular weight excluding hydrogens is 178 g/mol. The van der Waals surface area contributed by atoms with E-state index in [-0.39, 0.29) is 11.9 Å². The van der Waals surface area contributed by atoms with Crippen molar-refractivity contribution in [3.8, 4) is 6.07 Å². The highest BCUT2D eigenvalue weighted by Gasteiger charge is 2.29. The summed E-state index contributed by atoms with van der Waals surface area (Å²) in [6.45, 7) is 0.587. The zero-order valence-corrected chi connectivity index (χ0v) is 8.33. The minimum absolute atomic E-state index is 0.0161. The van der Waals surface area contributed by atoms with Gasteiger partial charge < -0.3 is 11.1 Å². The fourth-order valence-electron chi connectivity index (χ4n) is 1.37. The van der Waals surface area contributed by atoms with Gasteiger partial charge in [0.15, 0.2) is 0 Å². The Bertz CT molecular complexity index is 230. The average molecular weight is 195 g/mol. The van der Waals surface area contributed by atoms with Crippen molar-refractivity contribution >= 4 is 5.91 Å². The van der Waals surface area contributed by atoms with Gasteiger partial charge in [0.05, 0.1) is 6.07 Å². The molecule has 1 aliphatic carbocycles. The topological polar surface area (TPSA) is 78.9 Å². The number of unbranched alkanes of at least 4 members (excludes halogenated alkanes) is 1. The molecule has 1 rings (SSSR count). The highest BCUT2D eigenvalue weighted by Crippen LogP contribution is 2.32. The highest BCUT2D eigenvalue weighted by molar-refractivity contribution is 5.76. The van der Waals surface area contributed by atoms with E-state index in [0.29, 0.717) is 25.3 Å². The molecule has 1 aliphatic rings. The van der Waals surface area contributed by atoms with Crippen LogP contribution in [-0.4, -0.2) is 18.5 Å². The van der Waals surface area contributed by atoms with Gasteiger partial charge in [0.2, 0.25) is 5.91 Å². The lowest BCUT2D eigenvalue weighted by Gasteiger charge is -2.09. The first-order valence-electron chi connectivity index (χ1n) is 5.13. The summed E-state index contributed by atoms with van der Waals surface area (Å²) < 4.78 is 0. The van der Waals surface area contributed by atoms with Crippen LogP contribution in [0.3, 0.4) is 0 Å². The van der Waals surface area contributed by atoms with Gasteiger partial charge >= 0.3 is 0 Å². The van der Waals surface area contributed by atoms with Crippen LogP contribution in [0.5, 0.6) is 0 Å². The van der Waals surface area contributed by atoms with E-state index in [0.717, 1.165) is 6.42 Å². The van der Waals surface area contributed by atoms with E-state index >= 15 is 0 Å². The van der Waals surface area contributed by atoms with Gasteiger partial charge in [0, 0.05) is 25.4 Å². The van der Waals surface area contributed by atoms with Gasteiger partial charge in [0.25, 0.3) is 0 Å². The summed E-state index contributed by atoms with van der Waals surface area (Å²) in [4.78, 5) is 11.3. The molecule has 78 valence electrons. The number of hydrogen-bond donors (Lipinski definition) is 2. The zero-order chi connectivity index (χ0) is 10.4. The minimum atomic E-state index is 0.0161. The van der Waals surface area contributed by atoms with E-state index in [9.17, 15) is 4.79 Å². The summed E-state index contributed by atoms with van der Waals surface area (Å²) in [5.41, 5.74) is 5.80. The second-order valence-corrected chi connectivity index (χ2v) is 3.82. The number of nitriles is 1. The second kappa shape index (κ2) is 5.61. The number of carbonyl (C=O) groups excluding carboxylic acids is 1. The van der Waals surface area contributed by atoms with Crippen molar-refractivity contribution in [2.24, 2.45) is 11.7 Å². The largest absolute Gasteiger partial charge is 0.356 e. The maximum absolute atomic E-state index is 11.3. The lowest BCUT2D eigenvalue weighted by atomic mass is 10.1. The number of nitrogens with zero attached hydrogens (tertiary/aromatic N) is 1. The van der Waals surface area contributed by atoms with Crippen molar-refractivity contribution in [3.63, 3.8) is 0 Å². The SMILES string of the molecule is N#CCCCNC(=O)CC(N)C1CC1. The first-order valence-corrected chi connectivity index (χ1v) is 5.13. The van der Waals surface area contributed by atoms with Gasteiger partial charge in [-0.25, -0.2) is 0 Å². The Labute approximate surface area is 84.5 Å². The number of hydrogen-bond acceptors (Lipinski definition) is 3. The molecule has 0 radical (unpaired) electrons. The quantitative estimate of drug-likeness (QED) is 0.607. The van der Waals surface area contributed by atoms with E-state index in [1.54, 1.807) is 0 Å². The van der Waals surface area contributed by atoms with Crippen molar-refractivity contribution in [2.45, 2.75) is 38.1 Å². The molecule has 1 atom stereocenters. The monoisotopic (exact) mass is 195 g/mol. The molecule has 0 aromatic rings. The van der Waals surface area contributed by atoms with E-state index in [2.05, 4.69) is 5.32 Å². The Kier molecular flexibility index (Phi) is 4.41. The third-order valence-electron chi connectivity index (χ3n) is 2.44. The molecule has 4 heteroatoms. The van der Waals surface area contributed by atoms with Crippen LogP contribution in [0.1, 0.15) is 32.1 Å². The van der Waals surface area contributed by atoms with E-state index < -0.39 is 0 Å². The average Bonchev–Trinajstić information content (AvgIpc) is 2.95.